The van der Waals surface area contributed by atoms with Gasteiger partial charge in [-0.25, -0.2) is 4.39 Å². The number of hydrogen-bond donors (Lipinski definition) is 1. The van der Waals surface area contributed by atoms with Gasteiger partial charge in [0.1, 0.15) is 11.6 Å². The molecule has 0 saturated heterocycles. The summed E-state index contributed by atoms with van der Waals surface area (Å²) >= 11 is 3.01. The van der Waals surface area contributed by atoms with E-state index in [2.05, 4.69) is 15.9 Å². The second kappa shape index (κ2) is 4.72. The quantitative estimate of drug-likeness (QED) is 0.860. The molecular weight excluding hydrogens is 265 g/mol. The second-order valence-corrected chi connectivity index (χ2v) is 3.92. The third kappa shape index (κ3) is 2.54. The molecule has 0 aliphatic heterocycles. The molecule has 0 heterocycles. The maximum Gasteiger partial charge on any atom is 0.180 e. The molecule has 15 heavy (non-hydrogen) atoms. The van der Waals surface area contributed by atoms with Crippen LogP contribution in [0, 0.1) is 5.82 Å². The van der Waals surface area contributed by atoms with Gasteiger partial charge in [-0.2, -0.15) is 0 Å². The third-order valence-electron chi connectivity index (χ3n) is 1.92. The van der Waals surface area contributed by atoms with Crippen molar-refractivity contribution >= 4 is 21.7 Å². The van der Waals surface area contributed by atoms with E-state index in [9.17, 15) is 9.18 Å². The number of benzene rings is 1. The minimum absolute atomic E-state index is 0.116. The Balaban J connectivity index is 3.27. The molecule has 1 unspecified atom stereocenters. The molecule has 0 aromatic heterocycles. The zero-order valence-corrected chi connectivity index (χ0v) is 9.97. The highest BCUT2D eigenvalue weighted by Gasteiger charge is 2.18. The Labute approximate surface area is 95.5 Å². The summed E-state index contributed by atoms with van der Waals surface area (Å²) < 4.78 is 18.3. The van der Waals surface area contributed by atoms with Crippen molar-refractivity contribution in [3.05, 3.63) is 28.0 Å². The first kappa shape index (κ1) is 12.1. The maximum absolute atomic E-state index is 13.3. The predicted octanol–water partition coefficient (Wildman–Crippen LogP) is 2.13. The van der Waals surface area contributed by atoms with E-state index in [1.54, 1.807) is 6.92 Å². The van der Waals surface area contributed by atoms with Crippen LogP contribution in [0.5, 0.6) is 5.75 Å². The lowest BCUT2D eigenvalue weighted by atomic mass is 10.1. The molecule has 5 heteroatoms. The number of carbonyl (C=O) groups excluding carboxylic acids is 1. The first-order chi connectivity index (χ1) is 6.97. The molecule has 0 fully saturated rings. The minimum Gasteiger partial charge on any atom is -0.497 e. The number of methoxy groups -OCH3 is 1. The van der Waals surface area contributed by atoms with Gasteiger partial charge in [0.25, 0.3) is 0 Å². The Morgan fingerprint density at radius 2 is 2.20 bits per heavy atom. The molecule has 1 aromatic carbocycles. The van der Waals surface area contributed by atoms with Crippen molar-refractivity contribution in [2.24, 2.45) is 5.73 Å². The highest BCUT2D eigenvalue weighted by molar-refractivity contribution is 9.10. The highest BCUT2D eigenvalue weighted by Crippen LogP contribution is 2.27. The van der Waals surface area contributed by atoms with E-state index in [0.717, 1.165) is 0 Å². The number of Topliss-reactive ketones (excluding diaryl/α,β-unsaturated/α-hetero) is 1. The Morgan fingerprint density at radius 1 is 1.60 bits per heavy atom. The molecule has 0 radical (unpaired) electrons. The summed E-state index contributed by atoms with van der Waals surface area (Å²) in [5, 5.41) is 0. The summed E-state index contributed by atoms with van der Waals surface area (Å²) in [4.78, 5) is 11.6. The van der Waals surface area contributed by atoms with E-state index >= 15 is 0 Å². The van der Waals surface area contributed by atoms with Gasteiger partial charge in [-0.05, 0) is 28.9 Å². The van der Waals surface area contributed by atoms with E-state index < -0.39 is 11.9 Å². The van der Waals surface area contributed by atoms with E-state index in [4.69, 9.17) is 10.5 Å². The van der Waals surface area contributed by atoms with Gasteiger partial charge >= 0.3 is 0 Å². The molecule has 1 rings (SSSR count). The van der Waals surface area contributed by atoms with Crippen molar-refractivity contribution in [2.75, 3.05) is 7.11 Å². The van der Waals surface area contributed by atoms with Crippen molar-refractivity contribution in [2.45, 2.75) is 13.0 Å². The van der Waals surface area contributed by atoms with Crippen LogP contribution >= 0.6 is 15.9 Å². The van der Waals surface area contributed by atoms with E-state index in [0.29, 0.717) is 5.75 Å². The molecule has 0 spiro atoms. The fraction of sp³-hybridized carbons (Fsp3) is 0.300. The largest absolute Gasteiger partial charge is 0.497 e. The van der Waals surface area contributed by atoms with Gasteiger partial charge in [0, 0.05) is 11.6 Å². The van der Waals surface area contributed by atoms with Crippen LogP contribution in [-0.4, -0.2) is 18.9 Å². The van der Waals surface area contributed by atoms with Crippen molar-refractivity contribution < 1.29 is 13.9 Å². The first-order valence-electron chi connectivity index (χ1n) is 4.30. The zero-order valence-electron chi connectivity index (χ0n) is 8.38. The van der Waals surface area contributed by atoms with Crippen molar-refractivity contribution in [3.8, 4) is 5.75 Å². The second-order valence-electron chi connectivity index (χ2n) is 3.12. The Kier molecular flexibility index (Phi) is 3.82. The molecular formula is C10H11BrFNO2. The van der Waals surface area contributed by atoms with Crippen LogP contribution in [0.3, 0.4) is 0 Å². The number of hydrogen-bond acceptors (Lipinski definition) is 3. The van der Waals surface area contributed by atoms with E-state index in [1.807, 2.05) is 0 Å². The summed E-state index contributed by atoms with van der Waals surface area (Å²) in [6, 6.07) is 1.98. The molecule has 0 aliphatic rings. The van der Waals surface area contributed by atoms with Crippen LogP contribution in [0.15, 0.2) is 16.6 Å². The van der Waals surface area contributed by atoms with Crippen LogP contribution < -0.4 is 10.5 Å². The molecule has 0 amide bonds. The lowest BCUT2D eigenvalue weighted by Crippen LogP contribution is -2.27. The SMILES string of the molecule is COc1cc(F)c(Br)c(C(=O)C(C)N)c1. The monoisotopic (exact) mass is 275 g/mol. The molecule has 2 N–H and O–H groups in total. The molecule has 82 valence electrons. The number of ether oxygens (including phenoxy) is 1. The lowest BCUT2D eigenvalue weighted by Gasteiger charge is -2.09. The number of nitrogens with two attached hydrogens (primary N) is 1. The van der Waals surface area contributed by atoms with Crippen LogP contribution in [0.4, 0.5) is 4.39 Å². The summed E-state index contributed by atoms with van der Waals surface area (Å²) in [6.07, 6.45) is 0. The van der Waals surface area contributed by atoms with Crippen LogP contribution in [0.1, 0.15) is 17.3 Å². The Bertz CT molecular complexity index is 393. The van der Waals surface area contributed by atoms with Crippen molar-refractivity contribution in [3.63, 3.8) is 0 Å². The van der Waals surface area contributed by atoms with Gasteiger partial charge in [-0.15, -0.1) is 0 Å². The number of ketones is 1. The predicted molar refractivity (Wildman–Crippen MR) is 58.6 cm³/mol. The fourth-order valence-corrected chi connectivity index (χ4v) is 1.53. The topological polar surface area (TPSA) is 52.3 Å². The van der Waals surface area contributed by atoms with Crippen LogP contribution in [-0.2, 0) is 0 Å². The van der Waals surface area contributed by atoms with E-state index in [1.165, 1.54) is 19.2 Å². The molecule has 1 atom stereocenters. The van der Waals surface area contributed by atoms with Crippen LogP contribution in [0.25, 0.3) is 0 Å². The molecule has 0 aliphatic carbocycles. The van der Waals surface area contributed by atoms with Gasteiger partial charge in [-0.3, -0.25) is 4.79 Å². The van der Waals surface area contributed by atoms with Crippen molar-refractivity contribution in [1.29, 1.82) is 0 Å². The minimum atomic E-state index is -0.673. The Morgan fingerprint density at radius 3 is 2.67 bits per heavy atom. The summed E-state index contributed by atoms with van der Waals surface area (Å²) in [5.74, 6) is -0.585. The highest BCUT2D eigenvalue weighted by atomic mass is 79.9. The number of carbonyl (C=O) groups is 1. The molecule has 1 aromatic rings. The molecule has 0 bridgehead atoms. The van der Waals surface area contributed by atoms with Gasteiger partial charge in [0.05, 0.1) is 17.6 Å². The summed E-state index contributed by atoms with van der Waals surface area (Å²) in [7, 11) is 1.41. The van der Waals surface area contributed by atoms with E-state index in [-0.39, 0.29) is 15.8 Å². The normalized spacial score (nSPS) is 12.3. The Hall–Kier alpha value is -0.940. The zero-order chi connectivity index (χ0) is 11.6. The average molecular weight is 276 g/mol. The van der Waals surface area contributed by atoms with Gasteiger partial charge in [-0.1, -0.05) is 0 Å². The average Bonchev–Trinajstić information content (AvgIpc) is 2.20. The smallest absolute Gasteiger partial charge is 0.180 e. The summed E-state index contributed by atoms with van der Waals surface area (Å²) in [5.41, 5.74) is 5.64. The standard InChI is InChI=1S/C10H11BrFNO2/c1-5(13)10(14)7-3-6(15-2)4-8(12)9(7)11/h3-5H,13H2,1-2H3. The van der Waals surface area contributed by atoms with Gasteiger partial charge in [0.15, 0.2) is 5.78 Å². The fourth-order valence-electron chi connectivity index (χ4n) is 1.11. The first-order valence-corrected chi connectivity index (χ1v) is 5.09. The third-order valence-corrected chi connectivity index (χ3v) is 2.72. The van der Waals surface area contributed by atoms with Crippen LogP contribution in [0.2, 0.25) is 0 Å². The maximum atomic E-state index is 13.3. The number of halogens is 2. The number of rotatable bonds is 3. The lowest BCUT2D eigenvalue weighted by molar-refractivity contribution is 0.0966. The van der Waals surface area contributed by atoms with Gasteiger partial charge in [0.2, 0.25) is 0 Å². The molecule has 3 nitrogen and oxygen atoms in total. The van der Waals surface area contributed by atoms with Gasteiger partial charge < -0.3 is 10.5 Å². The van der Waals surface area contributed by atoms with Crippen molar-refractivity contribution in [1.82, 2.24) is 0 Å². The summed E-state index contributed by atoms with van der Waals surface area (Å²) in [6.45, 7) is 1.55. The molecule has 0 saturated carbocycles.